The average molecular weight is 271 g/mol. The van der Waals surface area contributed by atoms with Crippen molar-refractivity contribution in [2.75, 3.05) is 24.5 Å². The summed E-state index contributed by atoms with van der Waals surface area (Å²) < 4.78 is 0. The van der Waals surface area contributed by atoms with Gasteiger partial charge in [0.25, 0.3) is 0 Å². The van der Waals surface area contributed by atoms with E-state index in [2.05, 4.69) is 6.07 Å². The van der Waals surface area contributed by atoms with Crippen LogP contribution in [0.5, 0.6) is 0 Å². The van der Waals surface area contributed by atoms with E-state index in [9.17, 15) is 4.79 Å². The van der Waals surface area contributed by atoms with E-state index in [1.807, 2.05) is 47.1 Å². The molecule has 1 heterocycles. The molecule has 0 N–H and O–H groups in total. The predicted octanol–water partition coefficient (Wildman–Crippen LogP) is 2.42. The highest BCUT2D eigenvalue weighted by atomic mass is 16.2. The van der Waals surface area contributed by atoms with Crippen molar-refractivity contribution in [1.82, 2.24) is 4.90 Å². The molecule has 2 rings (SSSR count). The number of benzene rings is 1. The van der Waals surface area contributed by atoms with E-state index in [-0.39, 0.29) is 11.9 Å². The molecule has 0 aromatic heterocycles. The highest BCUT2D eigenvalue weighted by Gasteiger charge is 2.27. The van der Waals surface area contributed by atoms with E-state index in [1.54, 1.807) is 0 Å². The van der Waals surface area contributed by atoms with Crippen LogP contribution in [0.2, 0.25) is 0 Å². The fourth-order valence-electron chi connectivity index (χ4n) is 2.67. The number of para-hydroxylation sites is 1. The lowest BCUT2D eigenvalue weighted by molar-refractivity contribution is -0.131. The highest BCUT2D eigenvalue weighted by molar-refractivity contribution is 5.85. The second kappa shape index (κ2) is 6.95. The third-order valence-electron chi connectivity index (χ3n) is 3.79. The molecule has 4 nitrogen and oxygen atoms in total. The largest absolute Gasteiger partial charge is 0.359 e. The van der Waals surface area contributed by atoms with Gasteiger partial charge in [-0.1, -0.05) is 18.2 Å². The van der Waals surface area contributed by atoms with Gasteiger partial charge in [0, 0.05) is 25.3 Å². The number of anilines is 1. The standard InChI is InChI=1S/C16H21N3O/c1-14(16(20)18-11-5-6-12-18)19(13-7-10-17)15-8-3-2-4-9-15/h2-4,8-9,14H,5-7,11-13H2,1H3. The molecule has 1 unspecified atom stereocenters. The number of amides is 1. The normalized spacial score (nSPS) is 15.7. The first kappa shape index (κ1) is 14.4. The number of carbonyl (C=O) groups is 1. The maximum atomic E-state index is 12.5. The molecular formula is C16H21N3O. The zero-order valence-corrected chi connectivity index (χ0v) is 12.0. The van der Waals surface area contributed by atoms with Gasteiger partial charge in [0.1, 0.15) is 6.04 Å². The number of hydrogen-bond acceptors (Lipinski definition) is 3. The number of rotatable bonds is 5. The van der Waals surface area contributed by atoms with Crippen molar-refractivity contribution in [3.05, 3.63) is 30.3 Å². The minimum atomic E-state index is -0.219. The van der Waals surface area contributed by atoms with Gasteiger partial charge in [-0.05, 0) is 31.9 Å². The summed E-state index contributed by atoms with van der Waals surface area (Å²) in [4.78, 5) is 16.5. The summed E-state index contributed by atoms with van der Waals surface area (Å²) >= 11 is 0. The lowest BCUT2D eigenvalue weighted by Crippen LogP contribution is -2.46. The third-order valence-corrected chi connectivity index (χ3v) is 3.79. The summed E-state index contributed by atoms with van der Waals surface area (Å²) in [6.45, 7) is 4.25. The predicted molar refractivity (Wildman–Crippen MR) is 79.3 cm³/mol. The first-order chi connectivity index (χ1) is 9.74. The van der Waals surface area contributed by atoms with E-state index >= 15 is 0 Å². The second-order valence-corrected chi connectivity index (χ2v) is 5.15. The zero-order chi connectivity index (χ0) is 14.4. The van der Waals surface area contributed by atoms with Crippen LogP contribution in [-0.2, 0) is 4.79 Å². The van der Waals surface area contributed by atoms with Crippen molar-refractivity contribution in [3.8, 4) is 6.07 Å². The molecule has 1 aliphatic rings. The Bertz CT molecular complexity index is 474. The van der Waals surface area contributed by atoms with Gasteiger partial charge in [-0.25, -0.2) is 0 Å². The van der Waals surface area contributed by atoms with E-state index in [0.29, 0.717) is 13.0 Å². The Kier molecular flexibility index (Phi) is 5.00. The van der Waals surface area contributed by atoms with Gasteiger partial charge < -0.3 is 9.80 Å². The van der Waals surface area contributed by atoms with Crippen LogP contribution in [0.1, 0.15) is 26.2 Å². The molecule has 4 heteroatoms. The second-order valence-electron chi connectivity index (χ2n) is 5.15. The Morgan fingerprint density at radius 1 is 1.35 bits per heavy atom. The van der Waals surface area contributed by atoms with Crippen LogP contribution in [0.25, 0.3) is 0 Å². The molecule has 0 spiro atoms. The number of nitrogens with zero attached hydrogens (tertiary/aromatic N) is 3. The Labute approximate surface area is 120 Å². The van der Waals surface area contributed by atoms with E-state index in [0.717, 1.165) is 31.6 Å². The molecular weight excluding hydrogens is 250 g/mol. The fourth-order valence-corrected chi connectivity index (χ4v) is 2.67. The van der Waals surface area contributed by atoms with Gasteiger partial charge in [0.2, 0.25) is 5.91 Å². The number of likely N-dealkylation sites (tertiary alicyclic amines) is 1. The smallest absolute Gasteiger partial charge is 0.244 e. The van der Waals surface area contributed by atoms with Crippen molar-refractivity contribution in [2.24, 2.45) is 0 Å². The quantitative estimate of drug-likeness (QED) is 0.826. The lowest BCUT2D eigenvalue weighted by atomic mass is 10.2. The van der Waals surface area contributed by atoms with Crippen LogP contribution in [0, 0.1) is 11.3 Å². The van der Waals surface area contributed by atoms with Gasteiger partial charge in [-0.15, -0.1) is 0 Å². The van der Waals surface area contributed by atoms with Crippen molar-refractivity contribution in [2.45, 2.75) is 32.2 Å². The van der Waals surface area contributed by atoms with Crippen LogP contribution in [-0.4, -0.2) is 36.5 Å². The minimum absolute atomic E-state index is 0.171. The minimum Gasteiger partial charge on any atom is -0.359 e. The Hall–Kier alpha value is -2.02. The molecule has 106 valence electrons. The topological polar surface area (TPSA) is 47.3 Å². The molecule has 20 heavy (non-hydrogen) atoms. The van der Waals surface area contributed by atoms with Crippen molar-refractivity contribution < 1.29 is 4.79 Å². The molecule has 0 aliphatic carbocycles. The molecule has 1 aliphatic heterocycles. The maximum absolute atomic E-state index is 12.5. The Morgan fingerprint density at radius 2 is 2.00 bits per heavy atom. The summed E-state index contributed by atoms with van der Waals surface area (Å²) in [5.41, 5.74) is 1.00. The van der Waals surface area contributed by atoms with Crippen LogP contribution in [0.3, 0.4) is 0 Å². The molecule has 1 saturated heterocycles. The molecule has 1 fully saturated rings. The SMILES string of the molecule is CC(C(=O)N1CCCC1)N(CCC#N)c1ccccc1. The summed E-state index contributed by atoms with van der Waals surface area (Å²) in [6.07, 6.45) is 2.62. The van der Waals surface area contributed by atoms with E-state index in [4.69, 9.17) is 5.26 Å². The molecule has 0 radical (unpaired) electrons. The molecule has 1 amide bonds. The van der Waals surface area contributed by atoms with Crippen LogP contribution in [0.4, 0.5) is 5.69 Å². The zero-order valence-electron chi connectivity index (χ0n) is 12.0. The number of nitriles is 1. The van der Waals surface area contributed by atoms with Gasteiger partial charge in [-0.3, -0.25) is 4.79 Å². The molecule has 1 atom stereocenters. The summed E-state index contributed by atoms with van der Waals surface area (Å²) in [7, 11) is 0. The summed E-state index contributed by atoms with van der Waals surface area (Å²) in [5, 5.41) is 8.82. The molecule has 0 bridgehead atoms. The number of hydrogen-bond donors (Lipinski definition) is 0. The lowest BCUT2D eigenvalue weighted by Gasteiger charge is -2.32. The molecule has 1 aromatic carbocycles. The van der Waals surface area contributed by atoms with Crippen molar-refractivity contribution in [1.29, 1.82) is 5.26 Å². The average Bonchev–Trinajstić information content (AvgIpc) is 3.02. The van der Waals surface area contributed by atoms with Gasteiger partial charge in [-0.2, -0.15) is 5.26 Å². The van der Waals surface area contributed by atoms with Crippen molar-refractivity contribution in [3.63, 3.8) is 0 Å². The summed E-state index contributed by atoms with van der Waals surface area (Å²) in [5.74, 6) is 0.171. The Balaban J connectivity index is 2.13. The monoisotopic (exact) mass is 271 g/mol. The molecule has 0 saturated carbocycles. The molecule has 1 aromatic rings. The van der Waals surface area contributed by atoms with Gasteiger partial charge >= 0.3 is 0 Å². The van der Waals surface area contributed by atoms with E-state index in [1.165, 1.54) is 0 Å². The van der Waals surface area contributed by atoms with E-state index < -0.39 is 0 Å². The third kappa shape index (κ3) is 3.30. The van der Waals surface area contributed by atoms with Crippen LogP contribution >= 0.6 is 0 Å². The first-order valence-corrected chi connectivity index (χ1v) is 7.21. The summed E-state index contributed by atoms with van der Waals surface area (Å²) in [6, 6.07) is 11.8. The van der Waals surface area contributed by atoms with Gasteiger partial charge in [0.15, 0.2) is 0 Å². The fraction of sp³-hybridized carbons (Fsp3) is 0.500. The first-order valence-electron chi connectivity index (χ1n) is 7.21. The Morgan fingerprint density at radius 3 is 2.60 bits per heavy atom. The highest BCUT2D eigenvalue weighted by Crippen LogP contribution is 2.19. The van der Waals surface area contributed by atoms with Crippen LogP contribution in [0.15, 0.2) is 30.3 Å². The van der Waals surface area contributed by atoms with Crippen molar-refractivity contribution >= 4 is 11.6 Å². The van der Waals surface area contributed by atoms with Crippen LogP contribution < -0.4 is 4.90 Å². The number of carbonyl (C=O) groups excluding carboxylic acids is 1. The maximum Gasteiger partial charge on any atom is 0.244 e. The van der Waals surface area contributed by atoms with Gasteiger partial charge in [0.05, 0.1) is 12.5 Å².